The molecule has 0 spiro atoms. The lowest BCUT2D eigenvalue weighted by molar-refractivity contribution is -0.139. The van der Waals surface area contributed by atoms with Gasteiger partial charge in [-0.25, -0.2) is 0 Å². The third-order valence-corrected chi connectivity index (χ3v) is 1.88. The van der Waals surface area contributed by atoms with E-state index in [4.69, 9.17) is 5.11 Å². The summed E-state index contributed by atoms with van der Waals surface area (Å²) in [6.45, 7) is 3.86. The summed E-state index contributed by atoms with van der Waals surface area (Å²) >= 11 is 0. The first-order chi connectivity index (χ1) is 6.61. The largest absolute Gasteiger partial charge is 0.480 e. The van der Waals surface area contributed by atoms with Crippen molar-refractivity contribution in [1.29, 1.82) is 0 Å². The SMILES string of the molecule is CC(C)N[C@@H](C(=O)O)c1ccccc1. The average molecular weight is 193 g/mol. The molecule has 0 aliphatic heterocycles. The molecular weight excluding hydrogens is 178 g/mol. The Hall–Kier alpha value is -1.35. The van der Waals surface area contributed by atoms with E-state index in [1.165, 1.54) is 0 Å². The van der Waals surface area contributed by atoms with Crippen molar-refractivity contribution < 1.29 is 9.90 Å². The zero-order chi connectivity index (χ0) is 10.6. The van der Waals surface area contributed by atoms with E-state index in [2.05, 4.69) is 5.32 Å². The van der Waals surface area contributed by atoms with Crippen LogP contribution in [0.3, 0.4) is 0 Å². The minimum absolute atomic E-state index is 0.149. The molecule has 0 fully saturated rings. The van der Waals surface area contributed by atoms with Crippen LogP contribution in [0.15, 0.2) is 30.3 Å². The highest BCUT2D eigenvalue weighted by molar-refractivity contribution is 5.75. The lowest BCUT2D eigenvalue weighted by Crippen LogP contribution is -2.33. The van der Waals surface area contributed by atoms with Crippen molar-refractivity contribution in [3.63, 3.8) is 0 Å². The lowest BCUT2D eigenvalue weighted by atomic mass is 10.1. The number of hydrogen-bond acceptors (Lipinski definition) is 2. The van der Waals surface area contributed by atoms with Crippen molar-refractivity contribution in [3.05, 3.63) is 35.9 Å². The Kier molecular flexibility index (Phi) is 3.65. The number of carbonyl (C=O) groups is 1. The molecule has 0 bridgehead atoms. The van der Waals surface area contributed by atoms with Gasteiger partial charge < -0.3 is 5.11 Å². The van der Waals surface area contributed by atoms with Gasteiger partial charge in [-0.1, -0.05) is 30.3 Å². The summed E-state index contributed by atoms with van der Waals surface area (Å²) in [4.78, 5) is 11.0. The van der Waals surface area contributed by atoms with Crippen molar-refractivity contribution in [3.8, 4) is 0 Å². The molecule has 0 amide bonds. The average Bonchev–Trinajstić information content (AvgIpc) is 2.15. The molecule has 2 N–H and O–H groups in total. The second-order valence-electron chi connectivity index (χ2n) is 3.50. The fourth-order valence-corrected chi connectivity index (χ4v) is 1.29. The van der Waals surface area contributed by atoms with Gasteiger partial charge in [-0.15, -0.1) is 0 Å². The Morgan fingerprint density at radius 1 is 1.29 bits per heavy atom. The van der Waals surface area contributed by atoms with E-state index in [0.29, 0.717) is 0 Å². The molecule has 1 rings (SSSR count). The first-order valence-corrected chi connectivity index (χ1v) is 4.65. The topological polar surface area (TPSA) is 49.3 Å². The van der Waals surface area contributed by atoms with Crippen LogP contribution >= 0.6 is 0 Å². The molecule has 0 radical (unpaired) electrons. The number of benzene rings is 1. The second-order valence-corrected chi connectivity index (χ2v) is 3.50. The van der Waals surface area contributed by atoms with Gasteiger partial charge in [0.05, 0.1) is 0 Å². The minimum Gasteiger partial charge on any atom is -0.480 e. The van der Waals surface area contributed by atoms with Crippen molar-refractivity contribution in [2.24, 2.45) is 0 Å². The molecule has 1 atom stereocenters. The molecule has 14 heavy (non-hydrogen) atoms. The summed E-state index contributed by atoms with van der Waals surface area (Å²) in [5.41, 5.74) is 0.786. The van der Waals surface area contributed by atoms with Gasteiger partial charge in [0.2, 0.25) is 0 Å². The van der Waals surface area contributed by atoms with E-state index in [-0.39, 0.29) is 6.04 Å². The lowest BCUT2D eigenvalue weighted by Gasteiger charge is -2.17. The van der Waals surface area contributed by atoms with Gasteiger partial charge >= 0.3 is 5.97 Å². The molecule has 0 unspecified atom stereocenters. The van der Waals surface area contributed by atoms with E-state index in [1.807, 2.05) is 44.2 Å². The zero-order valence-electron chi connectivity index (χ0n) is 8.40. The summed E-state index contributed by atoms with van der Waals surface area (Å²) in [6, 6.07) is 8.72. The summed E-state index contributed by atoms with van der Waals surface area (Å²) < 4.78 is 0. The Morgan fingerprint density at radius 3 is 2.29 bits per heavy atom. The van der Waals surface area contributed by atoms with Crippen molar-refractivity contribution in [2.75, 3.05) is 0 Å². The Balaban J connectivity index is 2.84. The molecule has 1 aromatic rings. The zero-order valence-corrected chi connectivity index (χ0v) is 8.40. The summed E-state index contributed by atoms with van der Waals surface area (Å²) in [5, 5.41) is 12.0. The van der Waals surface area contributed by atoms with Crippen molar-refractivity contribution in [2.45, 2.75) is 25.9 Å². The number of nitrogens with one attached hydrogen (secondary N) is 1. The molecule has 3 nitrogen and oxygen atoms in total. The predicted octanol–water partition coefficient (Wildman–Crippen LogP) is 1.81. The highest BCUT2D eigenvalue weighted by atomic mass is 16.4. The number of carboxylic acid groups (broad SMARTS) is 1. The van der Waals surface area contributed by atoms with Crippen LogP contribution in [0, 0.1) is 0 Å². The fourth-order valence-electron chi connectivity index (χ4n) is 1.29. The quantitative estimate of drug-likeness (QED) is 0.766. The predicted molar refractivity (Wildman–Crippen MR) is 55.1 cm³/mol. The van der Waals surface area contributed by atoms with Crippen LogP contribution in [0.5, 0.6) is 0 Å². The summed E-state index contributed by atoms with van der Waals surface area (Å²) in [5.74, 6) is -0.843. The fraction of sp³-hybridized carbons (Fsp3) is 0.364. The van der Waals surface area contributed by atoms with Crippen molar-refractivity contribution >= 4 is 5.97 Å². The second kappa shape index (κ2) is 4.77. The number of rotatable bonds is 4. The third kappa shape index (κ3) is 2.85. The summed E-state index contributed by atoms with van der Waals surface area (Å²) in [7, 11) is 0. The smallest absolute Gasteiger partial charge is 0.325 e. The highest BCUT2D eigenvalue weighted by Crippen LogP contribution is 2.13. The number of carboxylic acids is 1. The van der Waals surface area contributed by atoms with Gasteiger partial charge in [0.1, 0.15) is 6.04 Å². The number of aliphatic carboxylic acids is 1. The van der Waals surface area contributed by atoms with Crippen LogP contribution in [-0.2, 0) is 4.79 Å². The monoisotopic (exact) mass is 193 g/mol. The molecular formula is C11H15NO2. The van der Waals surface area contributed by atoms with Gasteiger partial charge in [-0.05, 0) is 19.4 Å². The van der Waals surface area contributed by atoms with Crippen LogP contribution in [0.4, 0.5) is 0 Å². The molecule has 0 saturated carbocycles. The van der Waals surface area contributed by atoms with Crippen LogP contribution < -0.4 is 5.32 Å². The molecule has 1 aromatic carbocycles. The van der Waals surface area contributed by atoms with Crippen molar-refractivity contribution in [1.82, 2.24) is 5.32 Å². The van der Waals surface area contributed by atoms with Gasteiger partial charge in [-0.3, -0.25) is 10.1 Å². The Labute approximate surface area is 83.8 Å². The van der Waals surface area contributed by atoms with Crippen LogP contribution in [0.25, 0.3) is 0 Å². The minimum atomic E-state index is -0.843. The third-order valence-electron chi connectivity index (χ3n) is 1.88. The molecule has 0 aliphatic carbocycles. The first kappa shape index (κ1) is 10.7. The summed E-state index contributed by atoms with van der Waals surface area (Å²) in [6.07, 6.45) is 0. The normalized spacial score (nSPS) is 12.8. The van der Waals surface area contributed by atoms with E-state index in [1.54, 1.807) is 0 Å². The van der Waals surface area contributed by atoms with Crippen LogP contribution in [-0.4, -0.2) is 17.1 Å². The molecule has 3 heteroatoms. The van der Waals surface area contributed by atoms with E-state index in [9.17, 15) is 4.79 Å². The highest BCUT2D eigenvalue weighted by Gasteiger charge is 2.19. The maximum Gasteiger partial charge on any atom is 0.325 e. The Morgan fingerprint density at radius 2 is 1.86 bits per heavy atom. The molecule has 0 heterocycles. The van der Waals surface area contributed by atoms with Gasteiger partial charge in [0.15, 0.2) is 0 Å². The molecule has 76 valence electrons. The molecule has 0 saturated heterocycles. The maximum atomic E-state index is 11.0. The van der Waals surface area contributed by atoms with Gasteiger partial charge in [0, 0.05) is 6.04 Å². The molecule has 0 aliphatic rings. The maximum absolute atomic E-state index is 11.0. The molecule has 0 aromatic heterocycles. The van der Waals surface area contributed by atoms with Gasteiger partial charge in [0.25, 0.3) is 0 Å². The van der Waals surface area contributed by atoms with Crippen LogP contribution in [0.2, 0.25) is 0 Å². The van der Waals surface area contributed by atoms with E-state index in [0.717, 1.165) is 5.56 Å². The standard InChI is InChI=1S/C11H15NO2/c1-8(2)12-10(11(13)14)9-6-4-3-5-7-9/h3-8,10,12H,1-2H3,(H,13,14)/t10-/m1/s1. The Bertz CT molecular complexity index is 295. The first-order valence-electron chi connectivity index (χ1n) is 4.65. The van der Waals surface area contributed by atoms with Gasteiger partial charge in [-0.2, -0.15) is 0 Å². The van der Waals surface area contributed by atoms with E-state index < -0.39 is 12.0 Å². The number of hydrogen-bond donors (Lipinski definition) is 2. The van der Waals surface area contributed by atoms with E-state index >= 15 is 0 Å². The van der Waals surface area contributed by atoms with Crippen LogP contribution in [0.1, 0.15) is 25.5 Å².